The van der Waals surface area contributed by atoms with Gasteiger partial charge in [0.2, 0.25) is 17.7 Å². The Morgan fingerprint density at radius 3 is 2.71 bits per heavy atom. The highest BCUT2D eigenvalue weighted by Crippen LogP contribution is 2.27. The smallest absolute Gasteiger partial charge is 0.227 e. The Morgan fingerprint density at radius 2 is 1.97 bits per heavy atom. The molecule has 3 amide bonds. The van der Waals surface area contributed by atoms with Crippen molar-refractivity contribution in [3.8, 4) is 5.75 Å². The first kappa shape index (κ1) is 20.8. The molecule has 1 atom stereocenters. The van der Waals surface area contributed by atoms with E-state index in [1.54, 1.807) is 36.3 Å². The van der Waals surface area contributed by atoms with Crippen LogP contribution in [0, 0.1) is 5.92 Å². The molecule has 4 rings (SSSR count). The van der Waals surface area contributed by atoms with Gasteiger partial charge >= 0.3 is 0 Å². The van der Waals surface area contributed by atoms with Crippen LogP contribution in [-0.4, -0.2) is 42.9 Å². The topological polar surface area (TPSA) is 101 Å². The predicted octanol–water partition coefficient (Wildman–Crippen LogP) is 2.80. The van der Waals surface area contributed by atoms with E-state index in [4.69, 9.17) is 4.74 Å². The van der Waals surface area contributed by atoms with E-state index in [2.05, 4.69) is 15.6 Å². The summed E-state index contributed by atoms with van der Waals surface area (Å²) in [5, 5.41) is 6.06. The number of rotatable bonds is 7. The van der Waals surface area contributed by atoms with Crippen molar-refractivity contribution in [1.29, 1.82) is 0 Å². The van der Waals surface area contributed by atoms with Crippen molar-refractivity contribution < 1.29 is 19.1 Å². The normalized spacial score (nSPS) is 15.8. The molecule has 1 saturated heterocycles. The molecule has 1 aliphatic rings. The average Bonchev–Trinajstić information content (AvgIpc) is 3.36. The van der Waals surface area contributed by atoms with Crippen molar-refractivity contribution in [3.63, 3.8) is 0 Å². The molecule has 0 spiro atoms. The Hall–Kier alpha value is -3.46. The van der Waals surface area contributed by atoms with Gasteiger partial charge in [0.05, 0.1) is 23.2 Å². The lowest BCUT2D eigenvalue weighted by Crippen LogP contribution is -2.34. The molecule has 0 radical (unpaired) electrons. The first-order valence-corrected chi connectivity index (χ1v) is 10.7. The van der Waals surface area contributed by atoms with Gasteiger partial charge in [-0.2, -0.15) is 0 Å². The van der Waals surface area contributed by atoms with Crippen LogP contribution in [0.1, 0.15) is 12.8 Å². The Balaban J connectivity index is 1.24. The van der Waals surface area contributed by atoms with Crippen LogP contribution in [0.25, 0.3) is 10.2 Å². The summed E-state index contributed by atoms with van der Waals surface area (Å²) in [4.78, 5) is 43.0. The zero-order chi connectivity index (χ0) is 21.8. The van der Waals surface area contributed by atoms with E-state index in [1.165, 1.54) is 11.3 Å². The minimum absolute atomic E-state index is 0.0982. The van der Waals surface area contributed by atoms with Crippen LogP contribution in [-0.2, 0) is 14.4 Å². The van der Waals surface area contributed by atoms with Crippen molar-refractivity contribution in [2.24, 2.45) is 5.92 Å². The Bertz CT molecular complexity index is 1080. The first-order valence-electron chi connectivity index (χ1n) is 9.91. The molecular weight excluding hydrogens is 416 g/mol. The molecule has 1 fully saturated rings. The van der Waals surface area contributed by atoms with E-state index in [-0.39, 0.29) is 37.1 Å². The number of thiazole rings is 1. The Labute approximate surface area is 183 Å². The van der Waals surface area contributed by atoms with Crippen LogP contribution >= 0.6 is 11.3 Å². The fraction of sp³-hybridized carbons (Fsp3) is 0.273. The van der Waals surface area contributed by atoms with Crippen LogP contribution in [0.4, 0.5) is 10.8 Å². The quantitative estimate of drug-likeness (QED) is 0.591. The van der Waals surface area contributed by atoms with Gasteiger partial charge in [0.25, 0.3) is 0 Å². The SMILES string of the molecule is COc1ccc(N2CC(C(=O)NCCC(=O)Nc3nc4ccccc4s3)CC2=O)cc1. The largest absolute Gasteiger partial charge is 0.497 e. The molecule has 31 heavy (non-hydrogen) atoms. The predicted molar refractivity (Wildman–Crippen MR) is 119 cm³/mol. The number of aromatic nitrogens is 1. The maximum atomic E-state index is 12.5. The summed E-state index contributed by atoms with van der Waals surface area (Å²) in [6.45, 7) is 0.512. The molecule has 1 aromatic heterocycles. The lowest BCUT2D eigenvalue weighted by molar-refractivity contribution is -0.126. The molecule has 0 bridgehead atoms. The number of benzene rings is 2. The van der Waals surface area contributed by atoms with Gasteiger partial charge in [0.15, 0.2) is 5.13 Å². The van der Waals surface area contributed by atoms with Crippen molar-refractivity contribution in [3.05, 3.63) is 48.5 Å². The van der Waals surface area contributed by atoms with Gasteiger partial charge < -0.3 is 20.3 Å². The lowest BCUT2D eigenvalue weighted by Gasteiger charge is -2.17. The van der Waals surface area contributed by atoms with E-state index < -0.39 is 5.92 Å². The number of nitrogens with zero attached hydrogens (tertiary/aromatic N) is 2. The van der Waals surface area contributed by atoms with Gasteiger partial charge in [-0.25, -0.2) is 4.98 Å². The molecule has 2 aromatic carbocycles. The molecule has 160 valence electrons. The van der Waals surface area contributed by atoms with E-state index in [1.807, 2.05) is 24.3 Å². The molecule has 1 aliphatic heterocycles. The molecule has 2 heterocycles. The van der Waals surface area contributed by atoms with Gasteiger partial charge in [-0.05, 0) is 36.4 Å². The first-order chi connectivity index (χ1) is 15.0. The summed E-state index contributed by atoms with van der Waals surface area (Å²) in [6, 6.07) is 14.8. The molecule has 2 N–H and O–H groups in total. The number of hydrogen-bond acceptors (Lipinski definition) is 6. The number of nitrogens with one attached hydrogen (secondary N) is 2. The number of carbonyl (C=O) groups is 3. The summed E-state index contributed by atoms with van der Waals surface area (Å²) >= 11 is 1.41. The van der Waals surface area contributed by atoms with Crippen molar-refractivity contribution in [1.82, 2.24) is 10.3 Å². The number of amides is 3. The highest BCUT2D eigenvalue weighted by Gasteiger charge is 2.35. The third-order valence-electron chi connectivity index (χ3n) is 5.07. The number of carbonyl (C=O) groups excluding carboxylic acids is 3. The standard InChI is InChI=1S/C22H22N4O4S/c1-30-16-8-6-15(7-9-16)26-13-14(12-20(26)28)21(29)23-11-10-19(27)25-22-24-17-4-2-3-5-18(17)31-22/h2-9,14H,10-13H2,1H3,(H,23,29)(H,24,25,27). The van der Waals surface area contributed by atoms with E-state index >= 15 is 0 Å². The van der Waals surface area contributed by atoms with Crippen LogP contribution in [0.2, 0.25) is 0 Å². The van der Waals surface area contributed by atoms with E-state index in [0.717, 1.165) is 15.9 Å². The fourth-order valence-electron chi connectivity index (χ4n) is 3.45. The number of para-hydroxylation sites is 1. The number of fused-ring (bicyclic) bond motifs is 1. The maximum Gasteiger partial charge on any atom is 0.227 e. The minimum atomic E-state index is -0.443. The molecule has 9 heteroatoms. The highest BCUT2D eigenvalue weighted by molar-refractivity contribution is 7.22. The summed E-state index contributed by atoms with van der Waals surface area (Å²) in [6.07, 6.45) is 0.278. The van der Waals surface area contributed by atoms with Gasteiger partial charge in [-0.15, -0.1) is 0 Å². The summed E-state index contributed by atoms with van der Waals surface area (Å²) in [5.74, 6) is -0.284. The van der Waals surface area contributed by atoms with Crippen molar-refractivity contribution in [2.45, 2.75) is 12.8 Å². The molecule has 3 aromatic rings. The maximum absolute atomic E-state index is 12.5. The zero-order valence-corrected chi connectivity index (χ0v) is 17.8. The number of anilines is 2. The average molecular weight is 439 g/mol. The molecule has 0 saturated carbocycles. The molecule has 8 nitrogen and oxygen atoms in total. The second-order valence-corrected chi connectivity index (χ2v) is 8.21. The summed E-state index contributed by atoms with van der Waals surface area (Å²) in [7, 11) is 1.58. The fourth-order valence-corrected chi connectivity index (χ4v) is 4.33. The van der Waals surface area contributed by atoms with Crippen molar-refractivity contribution in [2.75, 3.05) is 30.4 Å². The molecule has 1 unspecified atom stereocenters. The Morgan fingerprint density at radius 1 is 1.19 bits per heavy atom. The third kappa shape index (κ3) is 4.83. The van der Waals surface area contributed by atoms with E-state index in [0.29, 0.717) is 17.4 Å². The van der Waals surface area contributed by atoms with Crippen molar-refractivity contribution >= 4 is 50.1 Å². The summed E-state index contributed by atoms with van der Waals surface area (Å²) in [5.41, 5.74) is 1.57. The van der Waals surface area contributed by atoms with Gasteiger partial charge in [-0.3, -0.25) is 14.4 Å². The lowest BCUT2D eigenvalue weighted by atomic mass is 10.1. The second-order valence-electron chi connectivity index (χ2n) is 7.18. The van der Waals surface area contributed by atoms with Crippen LogP contribution < -0.4 is 20.3 Å². The minimum Gasteiger partial charge on any atom is -0.497 e. The highest BCUT2D eigenvalue weighted by atomic mass is 32.1. The number of ether oxygens (including phenoxy) is 1. The Kier molecular flexibility index (Phi) is 6.13. The number of methoxy groups -OCH3 is 1. The summed E-state index contributed by atoms with van der Waals surface area (Å²) < 4.78 is 6.13. The number of hydrogen-bond donors (Lipinski definition) is 2. The molecular formula is C22H22N4O4S. The monoisotopic (exact) mass is 438 g/mol. The third-order valence-corrected chi connectivity index (χ3v) is 6.02. The second kappa shape index (κ2) is 9.13. The molecule has 0 aliphatic carbocycles. The van der Waals surface area contributed by atoms with Crippen LogP contribution in [0.15, 0.2) is 48.5 Å². The van der Waals surface area contributed by atoms with Gasteiger partial charge in [-0.1, -0.05) is 23.5 Å². The van der Waals surface area contributed by atoms with Crippen LogP contribution in [0.3, 0.4) is 0 Å². The van der Waals surface area contributed by atoms with Gasteiger partial charge in [0.1, 0.15) is 5.75 Å². The zero-order valence-electron chi connectivity index (χ0n) is 17.0. The van der Waals surface area contributed by atoms with E-state index in [9.17, 15) is 14.4 Å². The van der Waals surface area contributed by atoms with Gasteiger partial charge in [0, 0.05) is 31.6 Å². The van der Waals surface area contributed by atoms with Crippen LogP contribution in [0.5, 0.6) is 5.75 Å².